The van der Waals surface area contributed by atoms with E-state index in [9.17, 15) is 19.3 Å². The number of aromatic nitrogens is 1. The molecule has 2 aromatic heterocycles. The number of hydrogen-bond acceptors (Lipinski definition) is 7. The summed E-state index contributed by atoms with van der Waals surface area (Å²) in [7, 11) is 0. The van der Waals surface area contributed by atoms with Gasteiger partial charge in [0.2, 0.25) is 5.58 Å². The maximum Gasteiger partial charge on any atom is 0.338 e. The highest BCUT2D eigenvalue weighted by atomic mass is 19.1. The van der Waals surface area contributed by atoms with Gasteiger partial charge in [-0.25, -0.2) is 9.37 Å². The van der Waals surface area contributed by atoms with Crippen LogP contribution in [0.25, 0.3) is 22.3 Å². The molecule has 3 aromatic rings. The van der Waals surface area contributed by atoms with Crippen LogP contribution in [0.5, 0.6) is 0 Å². The Hall–Kier alpha value is -3.80. The maximum absolute atomic E-state index is 13.7. The Balaban J connectivity index is 2.35. The van der Waals surface area contributed by atoms with Crippen LogP contribution in [0.2, 0.25) is 0 Å². The van der Waals surface area contributed by atoms with E-state index in [2.05, 4.69) is 4.98 Å². The van der Waals surface area contributed by atoms with Crippen LogP contribution in [0.1, 0.15) is 5.69 Å². The summed E-state index contributed by atoms with van der Waals surface area (Å²) >= 11 is 0. The smallest absolute Gasteiger partial charge is 0.338 e. The molecule has 2 N–H and O–H groups in total. The van der Waals surface area contributed by atoms with E-state index in [-0.39, 0.29) is 16.8 Å². The lowest BCUT2D eigenvalue weighted by molar-refractivity contribution is -0.382. The number of nitrogens with zero attached hydrogens (tertiary/aromatic N) is 3. The van der Waals surface area contributed by atoms with Gasteiger partial charge in [-0.15, -0.1) is 0 Å². The quantitative estimate of drug-likeness (QED) is 0.433. The minimum atomic E-state index is -1.07. The van der Waals surface area contributed by atoms with Crippen LogP contribution in [0.15, 0.2) is 39.7 Å². The molecule has 0 bridgehead atoms. The third-order valence-corrected chi connectivity index (χ3v) is 3.33. The Labute approximate surface area is 132 Å². The number of anilines is 1. The Morgan fingerprint density at radius 3 is 2.71 bits per heavy atom. The Kier molecular flexibility index (Phi) is 3.42. The van der Waals surface area contributed by atoms with Gasteiger partial charge in [0.25, 0.3) is 0 Å². The van der Waals surface area contributed by atoms with Gasteiger partial charge in [0.15, 0.2) is 16.9 Å². The molecular weight excluding hydrogens is 319 g/mol. The number of nitrogens with two attached hydrogens (primary N) is 1. The second-order valence-corrected chi connectivity index (χ2v) is 4.77. The first-order chi connectivity index (χ1) is 11.4. The lowest BCUT2D eigenvalue weighted by Gasteiger charge is -2.06. The molecule has 1 aromatic carbocycles. The van der Waals surface area contributed by atoms with E-state index in [1.54, 1.807) is 0 Å². The predicted octanol–water partition coefficient (Wildman–Crippen LogP) is 2.36. The molecule has 0 saturated carbocycles. The molecule has 118 valence electrons. The minimum absolute atomic E-state index is 0.0152. The standard InChI is InChI=1S/C15H7FN4O4/c16-10-3-9-11(21)4-12(7-1-2-8(5-17)19-6-7)24-15(9)14(13(10)18)20(22)23/h1-4,6H,18H2. The normalized spacial score (nSPS) is 10.5. The van der Waals surface area contributed by atoms with E-state index in [0.29, 0.717) is 5.56 Å². The summed E-state index contributed by atoms with van der Waals surface area (Å²) in [5.41, 5.74) is 3.25. The number of pyridine rings is 1. The molecule has 0 atom stereocenters. The van der Waals surface area contributed by atoms with Gasteiger partial charge in [0.05, 0.1) is 10.3 Å². The Bertz CT molecular complexity index is 1080. The number of nitro groups is 1. The monoisotopic (exact) mass is 326 g/mol. The highest BCUT2D eigenvalue weighted by molar-refractivity contribution is 5.92. The fourth-order valence-electron chi connectivity index (χ4n) is 2.18. The first-order valence-corrected chi connectivity index (χ1v) is 6.49. The van der Waals surface area contributed by atoms with E-state index in [0.717, 1.165) is 12.1 Å². The molecule has 2 heterocycles. The van der Waals surface area contributed by atoms with Gasteiger partial charge in [-0.05, 0) is 18.2 Å². The fourth-order valence-corrected chi connectivity index (χ4v) is 2.18. The first kappa shape index (κ1) is 15.1. The van der Waals surface area contributed by atoms with E-state index in [1.807, 2.05) is 6.07 Å². The molecule has 0 radical (unpaired) electrons. The van der Waals surface area contributed by atoms with Gasteiger partial charge >= 0.3 is 5.69 Å². The van der Waals surface area contributed by atoms with Crippen LogP contribution < -0.4 is 11.2 Å². The van der Waals surface area contributed by atoms with Crippen LogP contribution in [-0.4, -0.2) is 9.91 Å². The van der Waals surface area contributed by atoms with Crippen molar-refractivity contribution in [2.75, 3.05) is 5.73 Å². The van der Waals surface area contributed by atoms with Crippen molar-refractivity contribution in [2.45, 2.75) is 0 Å². The fraction of sp³-hybridized carbons (Fsp3) is 0. The average Bonchev–Trinajstić information content (AvgIpc) is 2.56. The SMILES string of the molecule is N#Cc1ccc(-c2cc(=O)c3cc(F)c(N)c([N+](=O)[O-])c3o2)cn1. The summed E-state index contributed by atoms with van der Waals surface area (Å²) in [5, 5.41) is 19.6. The van der Waals surface area contributed by atoms with Crippen LogP contribution in [-0.2, 0) is 0 Å². The largest absolute Gasteiger partial charge is 0.448 e. The van der Waals surface area contributed by atoms with Crippen molar-refractivity contribution in [1.29, 1.82) is 5.26 Å². The molecule has 0 saturated heterocycles. The molecule has 24 heavy (non-hydrogen) atoms. The second-order valence-electron chi connectivity index (χ2n) is 4.77. The number of nitrogen functional groups attached to an aromatic ring is 1. The molecule has 0 aliphatic carbocycles. The number of halogens is 1. The van der Waals surface area contributed by atoms with Gasteiger partial charge < -0.3 is 10.2 Å². The lowest BCUT2D eigenvalue weighted by Crippen LogP contribution is -2.06. The number of hydrogen-bond donors (Lipinski definition) is 1. The molecule has 0 amide bonds. The Morgan fingerprint density at radius 2 is 2.12 bits per heavy atom. The van der Waals surface area contributed by atoms with Crippen molar-refractivity contribution in [2.24, 2.45) is 0 Å². The summed E-state index contributed by atoms with van der Waals surface area (Å²) in [6.07, 6.45) is 1.28. The highest BCUT2D eigenvalue weighted by Gasteiger charge is 2.25. The van der Waals surface area contributed by atoms with Gasteiger partial charge in [-0.3, -0.25) is 14.9 Å². The summed E-state index contributed by atoms with van der Waals surface area (Å²) in [4.78, 5) is 26.3. The number of nitro benzene ring substituents is 1. The van der Waals surface area contributed by atoms with Crippen molar-refractivity contribution in [3.8, 4) is 17.4 Å². The van der Waals surface area contributed by atoms with E-state index >= 15 is 0 Å². The van der Waals surface area contributed by atoms with Gasteiger partial charge in [-0.2, -0.15) is 5.26 Å². The third kappa shape index (κ3) is 2.32. The van der Waals surface area contributed by atoms with E-state index in [4.69, 9.17) is 15.4 Å². The molecule has 8 nitrogen and oxygen atoms in total. The molecule has 9 heteroatoms. The zero-order valence-corrected chi connectivity index (χ0v) is 11.8. The molecule has 0 unspecified atom stereocenters. The molecule has 0 aliphatic heterocycles. The summed E-state index contributed by atoms with van der Waals surface area (Å²) in [5.74, 6) is -1.09. The second kappa shape index (κ2) is 5.44. The van der Waals surface area contributed by atoms with Crippen LogP contribution in [0, 0.1) is 27.3 Å². The molecule has 0 aliphatic rings. The van der Waals surface area contributed by atoms with Crippen molar-refractivity contribution in [1.82, 2.24) is 4.98 Å². The highest BCUT2D eigenvalue weighted by Crippen LogP contribution is 2.34. The van der Waals surface area contributed by atoms with Crippen molar-refractivity contribution >= 4 is 22.3 Å². The van der Waals surface area contributed by atoms with E-state index in [1.165, 1.54) is 18.3 Å². The van der Waals surface area contributed by atoms with Crippen LogP contribution >= 0.6 is 0 Å². The van der Waals surface area contributed by atoms with Crippen LogP contribution in [0.3, 0.4) is 0 Å². The summed E-state index contributed by atoms with van der Waals surface area (Å²) in [6.45, 7) is 0. The van der Waals surface area contributed by atoms with Crippen LogP contribution in [0.4, 0.5) is 15.8 Å². The maximum atomic E-state index is 13.7. The molecule has 0 fully saturated rings. The zero-order valence-electron chi connectivity index (χ0n) is 11.8. The predicted molar refractivity (Wildman–Crippen MR) is 81.5 cm³/mol. The molecule has 0 spiro atoms. The minimum Gasteiger partial charge on any atom is -0.448 e. The van der Waals surface area contributed by atoms with E-state index < -0.39 is 33.1 Å². The van der Waals surface area contributed by atoms with Crippen molar-refractivity contribution in [3.63, 3.8) is 0 Å². The lowest BCUT2D eigenvalue weighted by atomic mass is 10.1. The third-order valence-electron chi connectivity index (χ3n) is 3.33. The number of nitriles is 1. The summed E-state index contributed by atoms with van der Waals surface area (Å²) in [6, 6.07) is 6.55. The number of rotatable bonds is 2. The van der Waals surface area contributed by atoms with Crippen molar-refractivity contribution < 1.29 is 13.7 Å². The molecular formula is C15H7FN4O4. The number of fused-ring (bicyclic) bond motifs is 1. The van der Waals surface area contributed by atoms with Gasteiger partial charge in [0, 0.05) is 17.8 Å². The average molecular weight is 326 g/mol. The Morgan fingerprint density at radius 1 is 1.38 bits per heavy atom. The van der Waals surface area contributed by atoms with Gasteiger partial charge in [-0.1, -0.05) is 0 Å². The first-order valence-electron chi connectivity index (χ1n) is 6.49. The summed E-state index contributed by atoms with van der Waals surface area (Å²) < 4.78 is 19.1. The van der Waals surface area contributed by atoms with Crippen molar-refractivity contribution in [3.05, 3.63) is 62.3 Å². The number of benzene rings is 1. The van der Waals surface area contributed by atoms with Gasteiger partial charge in [0.1, 0.15) is 17.5 Å². The topological polar surface area (TPSA) is 136 Å². The molecule has 3 rings (SSSR count). The zero-order chi connectivity index (χ0) is 17.4.